The lowest BCUT2D eigenvalue weighted by molar-refractivity contribution is -0.0814. The molecule has 0 bridgehead atoms. The van der Waals surface area contributed by atoms with Crippen LogP contribution in [0, 0.1) is 58.2 Å². The standard InChI is InChI=1S/C28H48O/c1-18(2)19(3)7-8-20(4)24-11-12-25-23-10-9-21-17-22(29)13-15-27(21,5)26(23)14-16-28(24,25)6/h9-10,18-26,29H,7-8,11-17H2,1-6H3. The molecule has 10 atom stereocenters. The van der Waals surface area contributed by atoms with Gasteiger partial charge in [-0.1, -0.05) is 66.5 Å². The van der Waals surface area contributed by atoms with E-state index in [4.69, 9.17) is 0 Å². The minimum Gasteiger partial charge on any atom is -0.393 e. The van der Waals surface area contributed by atoms with Gasteiger partial charge in [-0.3, -0.25) is 0 Å². The van der Waals surface area contributed by atoms with Crippen molar-refractivity contribution in [3.8, 4) is 0 Å². The Balaban J connectivity index is 1.49. The fourth-order valence-corrected chi connectivity index (χ4v) is 8.63. The molecule has 0 saturated heterocycles. The van der Waals surface area contributed by atoms with E-state index in [2.05, 4.69) is 53.7 Å². The third-order valence-corrected chi connectivity index (χ3v) is 11.1. The Kier molecular flexibility index (Phi) is 6.04. The van der Waals surface area contributed by atoms with Gasteiger partial charge < -0.3 is 5.11 Å². The summed E-state index contributed by atoms with van der Waals surface area (Å²) in [7, 11) is 0. The minimum absolute atomic E-state index is 0.0620. The normalized spacial score (nSPS) is 48.7. The Bertz CT molecular complexity index is 607. The summed E-state index contributed by atoms with van der Waals surface area (Å²) in [4.78, 5) is 0. The quantitative estimate of drug-likeness (QED) is 0.474. The van der Waals surface area contributed by atoms with Crippen molar-refractivity contribution in [2.45, 2.75) is 105 Å². The number of allylic oxidation sites excluding steroid dienone is 2. The van der Waals surface area contributed by atoms with Gasteiger partial charge in [0.25, 0.3) is 0 Å². The van der Waals surface area contributed by atoms with Crippen molar-refractivity contribution < 1.29 is 5.11 Å². The van der Waals surface area contributed by atoms with Crippen LogP contribution in [0.15, 0.2) is 12.2 Å². The van der Waals surface area contributed by atoms with Gasteiger partial charge in [0, 0.05) is 0 Å². The molecule has 1 N–H and O–H groups in total. The Labute approximate surface area is 181 Å². The zero-order valence-corrected chi connectivity index (χ0v) is 20.2. The van der Waals surface area contributed by atoms with Crippen molar-refractivity contribution in [1.29, 1.82) is 0 Å². The Morgan fingerprint density at radius 2 is 1.55 bits per heavy atom. The van der Waals surface area contributed by atoms with Gasteiger partial charge in [0.2, 0.25) is 0 Å². The fourth-order valence-electron chi connectivity index (χ4n) is 8.63. The first-order chi connectivity index (χ1) is 13.7. The zero-order chi connectivity index (χ0) is 21.0. The van der Waals surface area contributed by atoms with Crippen LogP contribution in [-0.4, -0.2) is 11.2 Å². The van der Waals surface area contributed by atoms with Crippen LogP contribution in [0.1, 0.15) is 99.3 Å². The molecule has 0 radical (unpaired) electrons. The largest absolute Gasteiger partial charge is 0.393 e. The van der Waals surface area contributed by atoms with E-state index in [9.17, 15) is 5.11 Å². The van der Waals surface area contributed by atoms with Crippen molar-refractivity contribution in [2.24, 2.45) is 58.2 Å². The first kappa shape index (κ1) is 21.9. The predicted octanol–water partition coefficient (Wildman–Crippen LogP) is 7.49. The van der Waals surface area contributed by atoms with E-state index >= 15 is 0 Å². The Morgan fingerprint density at radius 3 is 2.28 bits per heavy atom. The van der Waals surface area contributed by atoms with Crippen molar-refractivity contribution in [1.82, 2.24) is 0 Å². The van der Waals surface area contributed by atoms with E-state index in [1.54, 1.807) is 0 Å². The Morgan fingerprint density at radius 1 is 0.862 bits per heavy atom. The number of hydrogen-bond donors (Lipinski definition) is 1. The molecule has 0 aromatic heterocycles. The van der Waals surface area contributed by atoms with Crippen LogP contribution < -0.4 is 0 Å². The number of aliphatic hydroxyl groups is 1. The molecule has 0 aliphatic heterocycles. The molecule has 0 heterocycles. The maximum absolute atomic E-state index is 10.2. The molecule has 3 fully saturated rings. The summed E-state index contributed by atoms with van der Waals surface area (Å²) in [6.45, 7) is 15.1. The van der Waals surface area contributed by atoms with E-state index in [0.717, 1.165) is 54.3 Å². The summed E-state index contributed by atoms with van der Waals surface area (Å²) in [5.41, 5.74) is 1.000. The van der Waals surface area contributed by atoms with Gasteiger partial charge in [-0.05, 0) is 103 Å². The highest BCUT2D eigenvalue weighted by Gasteiger charge is 2.59. The summed E-state index contributed by atoms with van der Waals surface area (Å²) in [5, 5.41) is 10.2. The van der Waals surface area contributed by atoms with E-state index in [-0.39, 0.29) is 6.10 Å². The van der Waals surface area contributed by atoms with E-state index in [0.29, 0.717) is 16.7 Å². The van der Waals surface area contributed by atoms with Crippen LogP contribution in [-0.2, 0) is 0 Å². The van der Waals surface area contributed by atoms with Crippen molar-refractivity contribution in [3.05, 3.63) is 12.2 Å². The lowest BCUT2D eigenvalue weighted by atomic mass is 9.46. The fraction of sp³-hybridized carbons (Fsp3) is 0.929. The van der Waals surface area contributed by atoms with Gasteiger partial charge in [-0.15, -0.1) is 0 Å². The van der Waals surface area contributed by atoms with Crippen LogP contribution in [0.5, 0.6) is 0 Å². The summed E-state index contributed by atoms with van der Waals surface area (Å²) in [5.74, 6) is 6.67. The van der Waals surface area contributed by atoms with Crippen LogP contribution in [0.4, 0.5) is 0 Å². The molecule has 29 heavy (non-hydrogen) atoms. The molecule has 166 valence electrons. The van der Waals surface area contributed by atoms with Crippen molar-refractivity contribution >= 4 is 0 Å². The molecule has 1 heteroatoms. The summed E-state index contributed by atoms with van der Waals surface area (Å²) in [6.07, 6.45) is 17.0. The van der Waals surface area contributed by atoms with Crippen molar-refractivity contribution in [2.75, 3.05) is 0 Å². The SMILES string of the molecule is CC(C)C(C)CCC(C)C1CCC2C3C=CC4CC(O)CCC4(C)C3CCC12C. The topological polar surface area (TPSA) is 20.2 Å². The van der Waals surface area contributed by atoms with Crippen LogP contribution in [0.2, 0.25) is 0 Å². The third kappa shape index (κ3) is 3.66. The highest BCUT2D eigenvalue weighted by Crippen LogP contribution is 2.67. The molecule has 4 aliphatic rings. The number of aliphatic hydroxyl groups excluding tert-OH is 1. The maximum atomic E-state index is 10.2. The molecule has 3 saturated carbocycles. The second kappa shape index (κ2) is 7.99. The van der Waals surface area contributed by atoms with Crippen LogP contribution >= 0.6 is 0 Å². The zero-order valence-electron chi connectivity index (χ0n) is 20.2. The number of rotatable bonds is 5. The molecule has 4 aliphatic carbocycles. The second-order valence-electron chi connectivity index (χ2n) is 12.7. The summed E-state index contributed by atoms with van der Waals surface area (Å²) < 4.78 is 0. The van der Waals surface area contributed by atoms with Gasteiger partial charge in [0.15, 0.2) is 0 Å². The first-order valence-electron chi connectivity index (χ1n) is 13.0. The van der Waals surface area contributed by atoms with Crippen LogP contribution in [0.25, 0.3) is 0 Å². The van der Waals surface area contributed by atoms with Crippen molar-refractivity contribution in [3.63, 3.8) is 0 Å². The van der Waals surface area contributed by atoms with Gasteiger partial charge in [-0.2, -0.15) is 0 Å². The molecular weight excluding hydrogens is 352 g/mol. The number of fused-ring (bicyclic) bond motifs is 5. The Hall–Kier alpha value is -0.300. The molecule has 1 nitrogen and oxygen atoms in total. The highest BCUT2D eigenvalue weighted by atomic mass is 16.3. The molecule has 0 amide bonds. The monoisotopic (exact) mass is 400 g/mol. The van der Waals surface area contributed by atoms with Gasteiger partial charge >= 0.3 is 0 Å². The number of hydrogen-bond acceptors (Lipinski definition) is 1. The molecule has 4 rings (SSSR count). The third-order valence-electron chi connectivity index (χ3n) is 11.1. The molecule has 0 spiro atoms. The molecule has 0 aromatic carbocycles. The summed E-state index contributed by atoms with van der Waals surface area (Å²) in [6, 6.07) is 0. The van der Waals surface area contributed by atoms with E-state index < -0.39 is 0 Å². The summed E-state index contributed by atoms with van der Waals surface area (Å²) >= 11 is 0. The van der Waals surface area contributed by atoms with E-state index in [1.165, 1.54) is 44.9 Å². The first-order valence-corrected chi connectivity index (χ1v) is 13.0. The second-order valence-corrected chi connectivity index (χ2v) is 12.7. The molecular formula is C28H48O. The minimum atomic E-state index is -0.0620. The average molecular weight is 401 g/mol. The average Bonchev–Trinajstić information content (AvgIpc) is 3.03. The lowest BCUT2D eigenvalue weighted by Gasteiger charge is -2.59. The molecule has 0 aromatic rings. The van der Waals surface area contributed by atoms with Crippen LogP contribution in [0.3, 0.4) is 0 Å². The van der Waals surface area contributed by atoms with Gasteiger partial charge in [-0.25, -0.2) is 0 Å². The smallest absolute Gasteiger partial charge is 0.0546 e. The lowest BCUT2D eigenvalue weighted by Crippen LogP contribution is -2.52. The van der Waals surface area contributed by atoms with Gasteiger partial charge in [0.1, 0.15) is 0 Å². The maximum Gasteiger partial charge on any atom is 0.0546 e. The highest BCUT2D eigenvalue weighted by molar-refractivity contribution is 5.18. The predicted molar refractivity (Wildman–Crippen MR) is 124 cm³/mol. The van der Waals surface area contributed by atoms with E-state index in [1.807, 2.05) is 0 Å². The van der Waals surface area contributed by atoms with Gasteiger partial charge in [0.05, 0.1) is 6.10 Å². The molecule has 10 unspecified atom stereocenters.